The molecule has 4 rings (SSSR count). The standard InChI is InChI=1S/C14H10BrClN2O2/c15-9-4-7(5-11-12(9)20-6-19-11)14-17-10-3-1-2-8(10)13(16)18-14/h4-5H,1-3,6H2. The third kappa shape index (κ3) is 1.88. The Morgan fingerprint density at radius 2 is 2.05 bits per heavy atom. The van der Waals surface area contributed by atoms with Crippen LogP contribution in [0.15, 0.2) is 16.6 Å². The largest absolute Gasteiger partial charge is 0.454 e. The maximum Gasteiger partial charge on any atom is 0.231 e. The number of aryl methyl sites for hydroxylation is 1. The van der Waals surface area contributed by atoms with Crippen LogP contribution in [0.1, 0.15) is 17.7 Å². The molecular formula is C14H10BrClN2O2. The first kappa shape index (κ1) is 12.4. The van der Waals surface area contributed by atoms with Crippen molar-refractivity contribution in [2.45, 2.75) is 19.3 Å². The van der Waals surface area contributed by atoms with Crippen LogP contribution in [0.3, 0.4) is 0 Å². The molecule has 0 unspecified atom stereocenters. The average Bonchev–Trinajstić information content (AvgIpc) is 3.06. The molecule has 6 heteroatoms. The van der Waals surface area contributed by atoms with E-state index >= 15 is 0 Å². The van der Waals surface area contributed by atoms with Gasteiger partial charge < -0.3 is 9.47 Å². The Morgan fingerprint density at radius 3 is 2.95 bits per heavy atom. The molecule has 0 N–H and O–H groups in total. The SMILES string of the molecule is Clc1nc(-c2cc(Br)c3c(c2)OCO3)nc2c1CCC2. The molecule has 0 amide bonds. The number of nitrogens with zero attached hydrogens (tertiary/aromatic N) is 2. The maximum atomic E-state index is 6.26. The summed E-state index contributed by atoms with van der Waals surface area (Å²) < 4.78 is 11.6. The number of ether oxygens (including phenoxy) is 2. The minimum absolute atomic E-state index is 0.239. The number of fused-ring (bicyclic) bond motifs is 2. The third-order valence-electron chi connectivity index (χ3n) is 3.57. The molecule has 0 fully saturated rings. The highest BCUT2D eigenvalue weighted by molar-refractivity contribution is 9.10. The molecule has 1 aliphatic carbocycles. The lowest BCUT2D eigenvalue weighted by atomic mass is 10.1. The molecule has 0 spiro atoms. The summed E-state index contributed by atoms with van der Waals surface area (Å²) in [5, 5.41) is 0.566. The molecule has 0 saturated carbocycles. The van der Waals surface area contributed by atoms with Crippen LogP contribution in [-0.4, -0.2) is 16.8 Å². The van der Waals surface area contributed by atoms with E-state index in [0.717, 1.165) is 46.3 Å². The Balaban J connectivity index is 1.86. The molecule has 2 aliphatic rings. The summed E-state index contributed by atoms with van der Waals surface area (Å²) in [5.74, 6) is 2.06. The van der Waals surface area contributed by atoms with Crippen LogP contribution in [0.25, 0.3) is 11.4 Å². The van der Waals surface area contributed by atoms with Crippen LogP contribution in [0.5, 0.6) is 11.5 Å². The summed E-state index contributed by atoms with van der Waals surface area (Å²) in [5.41, 5.74) is 3.03. The molecule has 20 heavy (non-hydrogen) atoms. The number of hydrogen-bond acceptors (Lipinski definition) is 4. The normalized spacial score (nSPS) is 15.5. The molecule has 0 bridgehead atoms. The number of rotatable bonds is 1. The Hall–Kier alpha value is -1.33. The molecule has 1 aromatic carbocycles. The highest BCUT2D eigenvalue weighted by Gasteiger charge is 2.22. The van der Waals surface area contributed by atoms with Crippen molar-refractivity contribution in [3.63, 3.8) is 0 Å². The van der Waals surface area contributed by atoms with Crippen molar-refractivity contribution < 1.29 is 9.47 Å². The highest BCUT2D eigenvalue weighted by atomic mass is 79.9. The first-order valence-corrected chi connectivity index (χ1v) is 7.54. The van der Waals surface area contributed by atoms with E-state index in [4.69, 9.17) is 21.1 Å². The fourth-order valence-electron chi connectivity index (χ4n) is 2.61. The second kappa shape index (κ2) is 4.60. The molecule has 4 nitrogen and oxygen atoms in total. The summed E-state index contributed by atoms with van der Waals surface area (Å²) in [6, 6.07) is 3.82. The third-order valence-corrected chi connectivity index (χ3v) is 4.47. The van der Waals surface area contributed by atoms with Gasteiger partial charge in [0.05, 0.1) is 4.47 Å². The van der Waals surface area contributed by atoms with Crippen molar-refractivity contribution in [1.29, 1.82) is 0 Å². The van der Waals surface area contributed by atoms with Gasteiger partial charge >= 0.3 is 0 Å². The van der Waals surface area contributed by atoms with E-state index in [0.29, 0.717) is 16.7 Å². The van der Waals surface area contributed by atoms with E-state index in [1.54, 1.807) is 0 Å². The highest BCUT2D eigenvalue weighted by Crippen LogP contribution is 2.42. The second-order valence-electron chi connectivity index (χ2n) is 4.81. The van der Waals surface area contributed by atoms with Gasteiger partial charge in [0.15, 0.2) is 17.3 Å². The minimum atomic E-state index is 0.239. The van der Waals surface area contributed by atoms with Crippen LogP contribution in [0.4, 0.5) is 0 Å². The lowest BCUT2D eigenvalue weighted by Crippen LogP contribution is -1.97. The Labute approximate surface area is 129 Å². The van der Waals surface area contributed by atoms with Gasteiger partial charge in [0.25, 0.3) is 0 Å². The van der Waals surface area contributed by atoms with E-state index in [1.165, 1.54) is 0 Å². The van der Waals surface area contributed by atoms with Crippen molar-refractivity contribution in [3.8, 4) is 22.9 Å². The zero-order chi connectivity index (χ0) is 13.7. The monoisotopic (exact) mass is 352 g/mol. The molecule has 0 atom stereocenters. The Morgan fingerprint density at radius 1 is 1.15 bits per heavy atom. The lowest BCUT2D eigenvalue weighted by molar-refractivity contribution is 0.173. The summed E-state index contributed by atoms with van der Waals surface area (Å²) in [4.78, 5) is 9.06. The van der Waals surface area contributed by atoms with Crippen LogP contribution in [0, 0.1) is 0 Å². The molecule has 2 aromatic rings. The summed E-state index contributed by atoms with van der Waals surface area (Å²) >= 11 is 9.75. The fraction of sp³-hybridized carbons (Fsp3) is 0.286. The van der Waals surface area contributed by atoms with Gasteiger partial charge in [-0.15, -0.1) is 0 Å². The van der Waals surface area contributed by atoms with E-state index < -0.39 is 0 Å². The van der Waals surface area contributed by atoms with Gasteiger partial charge in [0.1, 0.15) is 5.15 Å². The molecule has 2 heterocycles. The topological polar surface area (TPSA) is 44.2 Å². The number of halogens is 2. The summed E-state index contributed by atoms with van der Waals surface area (Å²) in [7, 11) is 0. The molecular weight excluding hydrogens is 344 g/mol. The second-order valence-corrected chi connectivity index (χ2v) is 6.02. The predicted molar refractivity (Wildman–Crippen MR) is 78.3 cm³/mol. The summed E-state index contributed by atoms with van der Waals surface area (Å²) in [6.45, 7) is 0.239. The molecule has 0 saturated heterocycles. The molecule has 1 aromatic heterocycles. The van der Waals surface area contributed by atoms with Gasteiger partial charge in [-0.05, 0) is 47.3 Å². The zero-order valence-corrected chi connectivity index (χ0v) is 12.8. The predicted octanol–water partition coefficient (Wildman–Crippen LogP) is 3.78. The fourth-order valence-corrected chi connectivity index (χ4v) is 3.45. The van der Waals surface area contributed by atoms with Gasteiger partial charge in [-0.3, -0.25) is 0 Å². The zero-order valence-electron chi connectivity index (χ0n) is 10.4. The molecule has 102 valence electrons. The number of aromatic nitrogens is 2. The van der Waals surface area contributed by atoms with E-state index in [-0.39, 0.29) is 6.79 Å². The van der Waals surface area contributed by atoms with Crippen LogP contribution < -0.4 is 9.47 Å². The Bertz CT molecular complexity index is 659. The minimum Gasteiger partial charge on any atom is -0.454 e. The van der Waals surface area contributed by atoms with Gasteiger partial charge in [0.2, 0.25) is 6.79 Å². The molecule has 1 aliphatic heterocycles. The number of benzene rings is 1. The van der Waals surface area contributed by atoms with Gasteiger partial charge in [-0.2, -0.15) is 0 Å². The van der Waals surface area contributed by atoms with Crippen molar-refractivity contribution in [2.75, 3.05) is 6.79 Å². The van der Waals surface area contributed by atoms with Gasteiger partial charge in [-0.25, -0.2) is 9.97 Å². The maximum absolute atomic E-state index is 6.26. The van der Waals surface area contributed by atoms with Gasteiger partial charge in [-0.1, -0.05) is 11.6 Å². The Kier molecular flexibility index (Phi) is 2.86. The first-order valence-electron chi connectivity index (χ1n) is 6.37. The van der Waals surface area contributed by atoms with Crippen molar-refractivity contribution >= 4 is 27.5 Å². The van der Waals surface area contributed by atoms with E-state index in [2.05, 4.69) is 25.9 Å². The van der Waals surface area contributed by atoms with Crippen LogP contribution in [0.2, 0.25) is 5.15 Å². The smallest absolute Gasteiger partial charge is 0.231 e. The number of hydrogen-bond donors (Lipinski definition) is 0. The van der Waals surface area contributed by atoms with E-state index in [9.17, 15) is 0 Å². The quantitative estimate of drug-likeness (QED) is 0.732. The first-order chi connectivity index (χ1) is 9.72. The van der Waals surface area contributed by atoms with Crippen molar-refractivity contribution in [2.24, 2.45) is 0 Å². The van der Waals surface area contributed by atoms with E-state index in [1.807, 2.05) is 12.1 Å². The average molecular weight is 354 g/mol. The van der Waals surface area contributed by atoms with Gasteiger partial charge in [0, 0.05) is 16.8 Å². The van der Waals surface area contributed by atoms with Crippen LogP contribution in [-0.2, 0) is 12.8 Å². The summed E-state index contributed by atoms with van der Waals surface area (Å²) in [6.07, 6.45) is 3.04. The lowest BCUT2D eigenvalue weighted by Gasteiger charge is -2.07. The van der Waals surface area contributed by atoms with Crippen molar-refractivity contribution in [1.82, 2.24) is 9.97 Å². The molecule has 0 radical (unpaired) electrons. The van der Waals surface area contributed by atoms with Crippen molar-refractivity contribution in [3.05, 3.63) is 33.0 Å². The van der Waals surface area contributed by atoms with Crippen LogP contribution >= 0.6 is 27.5 Å².